The Morgan fingerprint density at radius 2 is 1.56 bits per heavy atom. The Morgan fingerprint density at radius 1 is 1.00 bits per heavy atom. The maximum absolute atomic E-state index is 11.8. The van der Waals surface area contributed by atoms with Crippen LogP contribution in [0.4, 0.5) is 0 Å². The molecule has 0 unspecified atom stereocenters. The summed E-state index contributed by atoms with van der Waals surface area (Å²) in [6.45, 7) is 8.04. The molecule has 0 bridgehead atoms. The van der Waals surface area contributed by atoms with Gasteiger partial charge in [-0.25, -0.2) is 0 Å². The Balaban J connectivity index is 2.47. The second-order valence-corrected chi connectivity index (χ2v) is 6.15. The molecule has 1 aromatic carbocycles. The van der Waals surface area contributed by atoms with Crippen LogP contribution < -0.4 is 0 Å². The predicted octanol–water partition coefficient (Wildman–Crippen LogP) is 3.50. The van der Waals surface area contributed by atoms with Crippen LogP contribution in [-0.2, 0) is 16.0 Å². The van der Waals surface area contributed by atoms with Crippen molar-refractivity contribution < 1.29 is 9.59 Å². The molecule has 98 valence electrons. The summed E-state index contributed by atoms with van der Waals surface area (Å²) in [5.41, 5.74) is 2.12. The topological polar surface area (TPSA) is 34.1 Å². The van der Waals surface area contributed by atoms with Gasteiger partial charge < -0.3 is 0 Å². The van der Waals surface area contributed by atoms with Gasteiger partial charge in [0.15, 0.2) is 0 Å². The largest absolute Gasteiger partial charge is 0.299 e. The van der Waals surface area contributed by atoms with Gasteiger partial charge in [0.1, 0.15) is 11.6 Å². The molecule has 18 heavy (non-hydrogen) atoms. The number of hydrogen-bond acceptors (Lipinski definition) is 2. The van der Waals surface area contributed by atoms with E-state index in [-0.39, 0.29) is 23.4 Å². The molecule has 0 spiro atoms. The Kier molecular flexibility index (Phi) is 4.83. The predicted molar refractivity (Wildman–Crippen MR) is 73.6 cm³/mol. The van der Waals surface area contributed by atoms with Crippen LogP contribution in [0.1, 0.15) is 44.7 Å². The summed E-state index contributed by atoms with van der Waals surface area (Å²) in [5, 5.41) is 0. The van der Waals surface area contributed by atoms with E-state index in [1.807, 2.05) is 52.0 Å². The minimum Gasteiger partial charge on any atom is -0.299 e. The second-order valence-electron chi connectivity index (χ2n) is 6.15. The third kappa shape index (κ3) is 5.76. The van der Waals surface area contributed by atoms with Crippen molar-refractivity contribution in [3.05, 3.63) is 35.4 Å². The average molecular weight is 246 g/mol. The molecule has 1 rings (SSSR count). The number of ketones is 2. The summed E-state index contributed by atoms with van der Waals surface area (Å²) in [4.78, 5) is 23.5. The number of rotatable bonds is 5. The number of aryl methyl sites for hydroxylation is 1. The number of benzene rings is 1. The fourth-order valence-corrected chi connectivity index (χ4v) is 1.87. The summed E-state index contributed by atoms with van der Waals surface area (Å²) in [5.74, 6) is 0.0488. The average Bonchev–Trinajstić information content (AvgIpc) is 2.18. The van der Waals surface area contributed by atoms with Gasteiger partial charge in [0, 0.05) is 12.8 Å². The summed E-state index contributed by atoms with van der Waals surface area (Å²) >= 11 is 0. The van der Waals surface area contributed by atoms with Crippen LogP contribution >= 0.6 is 0 Å². The van der Waals surface area contributed by atoms with Crippen LogP contribution in [0.2, 0.25) is 0 Å². The standard InChI is InChI=1S/C16H22O2/c1-12-5-7-13(8-6-12)9-14(17)10-15(18)11-16(2,3)4/h5-8H,9-11H2,1-4H3. The van der Waals surface area contributed by atoms with Gasteiger partial charge in [-0.2, -0.15) is 0 Å². The zero-order valence-electron chi connectivity index (χ0n) is 11.7. The minimum atomic E-state index is -0.0405. The molecule has 0 fully saturated rings. The van der Waals surface area contributed by atoms with E-state index in [1.54, 1.807) is 0 Å². The highest BCUT2D eigenvalue weighted by Gasteiger charge is 2.18. The van der Waals surface area contributed by atoms with Crippen molar-refractivity contribution in [2.24, 2.45) is 5.41 Å². The van der Waals surface area contributed by atoms with Crippen molar-refractivity contribution in [1.82, 2.24) is 0 Å². The van der Waals surface area contributed by atoms with Gasteiger partial charge in [0.25, 0.3) is 0 Å². The van der Waals surface area contributed by atoms with Crippen LogP contribution in [0.5, 0.6) is 0 Å². The summed E-state index contributed by atoms with van der Waals surface area (Å²) in [6.07, 6.45) is 0.883. The van der Waals surface area contributed by atoms with E-state index in [4.69, 9.17) is 0 Å². The zero-order chi connectivity index (χ0) is 13.8. The Labute approximate surface area is 109 Å². The van der Waals surface area contributed by atoms with E-state index < -0.39 is 0 Å². The van der Waals surface area contributed by atoms with E-state index in [2.05, 4.69) is 0 Å². The molecular formula is C16H22O2. The van der Waals surface area contributed by atoms with Crippen molar-refractivity contribution in [3.63, 3.8) is 0 Å². The van der Waals surface area contributed by atoms with E-state index >= 15 is 0 Å². The van der Waals surface area contributed by atoms with Crippen molar-refractivity contribution in [3.8, 4) is 0 Å². The lowest BCUT2D eigenvalue weighted by molar-refractivity contribution is -0.127. The molecule has 0 aliphatic carbocycles. The van der Waals surface area contributed by atoms with E-state index in [1.165, 1.54) is 5.56 Å². The number of carbonyl (C=O) groups excluding carboxylic acids is 2. The quantitative estimate of drug-likeness (QED) is 0.745. The Bertz CT molecular complexity index is 421. The molecule has 0 aromatic heterocycles. The van der Waals surface area contributed by atoms with Gasteiger partial charge in [0.05, 0.1) is 6.42 Å². The van der Waals surface area contributed by atoms with Crippen LogP contribution in [0.25, 0.3) is 0 Å². The highest BCUT2D eigenvalue weighted by Crippen LogP contribution is 2.19. The minimum absolute atomic E-state index is 0.00750. The van der Waals surface area contributed by atoms with Gasteiger partial charge in [-0.1, -0.05) is 50.6 Å². The molecule has 0 atom stereocenters. The summed E-state index contributed by atoms with van der Waals surface area (Å²) in [7, 11) is 0. The first kappa shape index (κ1) is 14.6. The molecular weight excluding hydrogens is 224 g/mol. The molecule has 0 aliphatic heterocycles. The lowest BCUT2D eigenvalue weighted by Crippen LogP contribution is -2.17. The summed E-state index contributed by atoms with van der Waals surface area (Å²) < 4.78 is 0. The van der Waals surface area contributed by atoms with Gasteiger partial charge in [-0.3, -0.25) is 9.59 Å². The Hall–Kier alpha value is -1.44. The zero-order valence-corrected chi connectivity index (χ0v) is 11.7. The van der Waals surface area contributed by atoms with E-state index in [0.717, 1.165) is 5.56 Å². The molecule has 0 heterocycles. The smallest absolute Gasteiger partial charge is 0.144 e. The van der Waals surface area contributed by atoms with Gasteiger partial charge in [-0.05, 0) is 17.9 Å². The lowest BCUT2D eigenvalue weighted by atomic mass is 9.88. The molecule has 0 saturated heterocycles. The highest BCUT2D eigenvalue weighted by molar-refractivity contribution is 6.00. The number of hydrogen-bond donors (Lipinski definition) is 0. The molecule has 0 saturated carbocycles. The van der Waals surface area contributed by atoms with Crippen LogP contribution in [0.15, 0.2) is 24.3 Å². The molecule has 0 aliphatic rings. The molecule has 2 nitrogen and oxygen atoms in total. The Morgan fingerprint density at radius 3 is 2.06 bits per heavy atom. The number of carbonyl (C=O) groups is 2. The third-order valence-corrected chi connectivity index (χ3v) is 2.64. The van der Waals surface area contributed by atoms with Gasteiger partial charge in [-0.15, -0.1) is 0 Å². The SMILES string of the molecule is Cc1ccc(CC(=O)CC(=O)CC(C)(C)C)cc1. The molecule has 2 heteroatoms. The van der Waals surface area contributed by atoms with Crippen LogP contribution in [0.3, 0.4) is 0 Å². The molecule has 0 radical (unpaired) electrons. The molecule has 0 amide bonds. The van der Waals surface area contributed by atoms with Crippen molar-refractivity contribution in [2.45, 2.75) is 47.0 Å². The van der Waals surface area contributed by atoms with Crippen LogP contribution in [-0.4, -0.2) is 11.6 Å². The van der Waals surface area contributed by atoms with E-state index in [0.29, 0.717) is 12.8 Å². The van der Waals surface area contributed by atoms with E-state index in [9.17, 15) is 9.59 Å². The summed E-state index contributed by atoms with van der Waals surface area (Å²) in [6, 6.07) is 7.86. The van der Waals surface area contributed by atoms with Crippen molar-refractivity contribution in [1.29, 1.82) is 0 Å². The third-order valence-electron chi connectivity index (χ3n) is 2.64. The van der Waals surface area contributed by atoms with Crippen molar-refractivity contribution in [2.75, 3.05) is 0 Å². The maximum atomic E-state index is 11.8. The van der Waals surface area contributed by atoms with Gasteiger partial charge in [0.2, 0.25) is 0 Å². The first-order valence-corrected chi connectivity index (χ1v) is 6.35. The van der Waals surface area contributed by atoms with Crippen molar-refractivity contribution >= 4 is 11.6 Å². The second kappa shape index (κ2) is 5.94. The lowest BCUT2D eigenvalue weighted by Gasteiger charge is -2.16. The van der Waals surface area contributed by atoms with Crippen LogP contribution in [0, 0.1) is 12.3 Å². The highest BCUT2D eigenvalue weighted by atomic mass is 16.1. The maximum Gasteiger partial charge on any atom is 0.144 e. The normalized spacial score (nSPS) is 11.3. The first-order chi connectivity index (χ1) is 8.26. The fraction of sp³-hybridized carbons (Fsp3) is 0.500. The van der Waals surface area contributed by atoms with Gasteiger partial charge >= 0.3 is 0 Å². The molecule has 0 N–H and O–H groups in total. The first-order valence-electron chi connectivity index (χ1n) is 6.35. The molecule has 1 aromatic rings. The number of Topliss-reactive ketones (excluding diaryl/α,β-unsaturated/α-hetero) is 2. The fourth-order valence-electron chi connectivity index (χ4n) is 1.87. The monoisotopic (exact) mass is 246 g/mol.